The Morgan fingerprint density at radius 1 is 1.35 bits per heavy atom. The van der Waals surface area contributed by atoms with Crippen molar-refractivity contribution in [3.05, 3.63) is 30.2 Å². The van der Waals surface area contributed by atoms with E-state index in [0.717, 1.165) is 11.5 Å². The summed E-state index contributed by atoms with van der Waals surface area (Å²) in [7, 11) is 1.81. The molecule has 122 valence electrons. The van der Waals surface area contributed by atoms with Crippen molar-refractivity contribution in [2.24, 2.45) is 0 Å². The van der Waals surface area contributed by atoms with Crippen molar-refractivity contribution >= 4 is 17.7 Å². The highest BCUT2D eigenvalue weighted by Gasteiger charge is 2.44. The van der Waals surface area contributed by atoms with E-state index < -0.39 is 11.5 Å². The summed E-state index contributed by atoms with van der Waals surface area (Å²) in [5.41, 5.74) is -0.114. The molecule has 0 aromatic carbocycles. The second kappa shape index (κ2) is 5.86. The fourth-order valence-electron chi connectivity index (χ4n) is 2.96. The first-order chi connectivity index (χ1) is 11.0. The first-order valence-electron chi connectivity index (χ1n) is 7.57. The third-order valence-corrected chi connectivity index (χ3v) is 4.31. The molecule has 1 fully saturated rings. The molecule has 0 spiro atoms. The van der Waals surface area contributed by atoms with Crippen LogP contribution in [0.3, 0.4) is 0 Å². The van der Waals surface area contributed by atoms with Crippen molar-refractivity contribution in [3.63, 3.8) is 0 Å². The van der Waals surface area contributed by atoms with Crippen LogP contribution in [0.5, 0.6) is 0 Å². The lowest BCUT2D eigenvalue weighted by Crippen LogP contribution is -2.51. The Balaban J connectivity index is 1.82. The molecule has 2 aromatic rings. The van der Waals surface area contributed by atoms with Gasteiger partial charge in [-0.05, 0) is 13.0 Å². The number of hydrogen-bond acceptors (Lipinski definition) is 6. The van der Waals surface area contributed by atoms with Gasteiger partial charge < -0.3 is 15.3 Å². The lowest BCUT2D eigenvalue weighted by Gasteiger charge is -2.39. The minimum Gasteiger partial charge on any atom is -0.479 e. The molecule has 1 saturated heterocycles. The van der Waals surface area contributed by atoms with E-state index in [2.05, 4.69) is 20.4 Å². The highest BCUT2D eigenvalue weighted by Crippen LogP contribution is 2.31. The largest absolute Gasteiger partial charge is 0.479 e. The Morgan fingerprint density at radius 2 is 2.09 bits per heavy atom. The van der Waals surface area contributed by atoms with E-state index in [1.54, 1.807) is 23.1 Å². The van der Waals surface area contributed by atoms with Gasteiger partial charge in [0.05, 0.1) is 0 Å². The molecule has 1 aliphatic heterocycles. The zero-order valence-corrected chi connectivity index (χ0v) is 13.2. The number of nitrogens with zero attached hydrogens (tertiary/aromatic N) is 5. The molecule has 0 unspecified atom stereocenters. The molecular formula is C15H20N6O2. The van der Waals surface area contributed by atoms with Crippen LogP contribution in [-0.4, -0.2) is 51.0 Å². The van der Waals surface area contributed by atoms with Gasteiger partial charge in [-0.2, -0.15) is 10.1 Å². The number of aromatic nitrogens is 4. The van der Waals surface area contributed by atoms with Gasteiger partial charge in [0.15, 0.2) is 5.54 Å². The molecule has 8 nitrogen and oxygen atoms in total. The Hall–Kier alpha value is -2.64. The summed E-state index contributed by atoms with van der Waals surface area (Å²) in [5.74, 6) is 0.547. The lowest BCUT2D eigenvalue weighted by molar-refractivity contribution is -0.149. The summed E-state index contributed by atoms with van der Waals surface area (Å²) in [6.45, 7) is 3.05. The van der Waals surface area contributed by atoms with E-state index in [9.17, 15) is 9.90 Å². The van der Waals surface area contributed by atoms with E-state index in [1.807, 2.05) is 24.9 Å². The first-order valence-corrected chi connectivity index (χ1v) is 7.57. The van der Waals surface area contributed by atoms with Gasteiger partial charge in [-0.15, -0.1) is 0 Å². The fourth-order valence-corrected chi connectivity index (χ4v) is 2.96. The standard InChI is InChI=1S/C15H20N6O2/c1-11-10-12(16-2)19-14(18-11)20-8-4-15(5-9-20,13(22)23)21-7-3-6-17-21/h3,6-7,10H,4-5,8-9H2,1-2H3,(H,22,23)(H,16,18,19). The number of aryl methyl sites for hydroxylation is 1. The zero-order chi connectivity index (χ0) is 16.4. The van der Waals surface area contributed by atoms with E-state index in [-0.39, 0.29) is 0 Å². The maximum absolute atomic E-state index is 11.9. The molecule has 0 bridgehead atoms. The van der Waals surface area contributed by atoms with E-state index in [1.165, 1.54) is 0 Å². The number of piperidine rings is 1. The fraction of sp³-hybridized carbons (Fsp3) is 0.467. The molecule has 8 heteroatoms. The minimum absolute atomic E-state index is 0.455. The van der Waals surface area contributed by atoms with E-state index in [4.69, 9.17) is 0 Å². The molecule has 3 heterocycles. The van der Waals surface area contributed by atoms with Crippen LogP contribution in [0.2, 0.25) is 0 Å². The van der Waals surface area contributed by atoms with E-state index in [0.29, 0.717) is 31.9 Å². The summed E-state index contributed by atoms with van der Waals surface area (Å²) in [5, 5.41) is 16.9. The predicted molar refractivity (Wildman–Crippen MR) is 85.6 cm³/mol. The number of aliphatic carboxylic acids is 1. The van der Waals surface area contributed by atoms with Gasteiger partial charge in [-0.3, -0.25) is 4.68 Å². The van der Waals surface area contributed by atoms with Gasteiger partial charge in [0, 0.05) is 57.1 Å². The molecule has 1 aliphatic rings. The molecule has 3 rings (SSSR count). The van der Waals surface area contributed by atoms with Crippen LogP contribution in [0, 0.1) is 6.92 Å². The number of nitrogens with one attached hydrogen (secondary N) is 1. The van der Waals surface area contributed by atoms with Crippen LogP contribution in [0.4, 0.5) is 11.8 Å². The van der Waals surface area contributed by atoms with Crippen LogP contribution in [0.1, 0.15) is 18.5 Å². The number of rotatable bonds is 4. The summed E-state index contributed by atoms with van der Waals surface area (Å²) < 4.78 is 1.56. The second-order valence-electron chi connectivity index (χ2n) is 5.72. The van der Waals surface area contributed by atoms with Gasteiger partial charge in [-0.1, -0.05) is 0 Å². The van der Waals surface area contributed by atoms with Crippen molar-refractivity contribution < 1.29 is 9.90 Å². The number of anilines is 2. The summed E-state index contributed by atoms with van der Waals surface area (Å²) in [6.07, 6.45) is 4.23. The summed E-state index contributed by atoms with van der Waals surface area (Å²) in [4.78, 5) is 22.8. The smallest absolute Gasteiger partial charge is 0.331 e. The van der Waals surface area contributed by atoms with Gasteiger partial charge in [-0.25, -0.2) is 9.78 Å². The Bertz CT molecular complexity index is 692. The number of hydrogen-bond donors (Lipinski definition) is 2. The van der Waals surface area contributed by atoms with Gasteiger partial charge in [0.2, 0.25) is 5.95 Å². The number of carbonyl (C=O) groups is 1. The highest BCUT2D eigenvalue weighted by atomic mass is 16.4. The average molecular weight is 316 g/mol. The van der Waals surface area contributed by atoms with Crippen molar-refractivity contribution in [2.75, 3.05) is 30.4 Å². The molecule has 0 saturated carbocycles. The first kappa shape index (κ1) is 15.3. The SMILES string of the molecule is CNc1cc(C)nc(N2CCC(C(=O)O)(n3cccn3)CC2)n1. The number of carboxylic acids is 1. The van der Waals surface area contributed by atoms with Crippen LogP contribution in [0.25, 0.3) is 0 Å². The molecule has 0 atom stereocenters. The molecule has 0 aliphatic carbocycles. The normalized spacial score (nSPS) is 17.0. The van der Waals surface area contributed by atoms with Crippen LogP contribution in [-0.2, 0) is 10.3 Å². The van der Waals surface area contributed by atoms with Crippen molar-refractivity contribution in [2.45, 2.75) is 25.3 Å². The quantitative estimate of drug-likeness (QED) is 0.872. The van der Waals surface area contributed by atoms with Crippen LogP contribution in [0.15, 0.2) is 24.5 Å². The molecule has 0 amide bonds. The van der Waals surface area contributed by atoms with Gasteiger partial charge >= 0.3 is 5.97 Å². The van der Waals surface area contributed by atoms with Crippen molar-refractivity contribution in [1.82, 2.24) is 19.7 Å². The van der Waals surface area contributed by atoms with Gasteiger partial charge in [0.25, 0.3) is 0 Å². The minimum atomic E-state index is -0.990. The topological polar surface area (TPSA) is 96.2 Å². The molecular weight excluding hydrogens is 296 g/mol. The molecule has 2 aromatic heterocycles. The van der Waals surface area contributed by atoms with Crippen LogP contribution < -0.4 is 10.2 Å². The lowest BCUT2D eigenvalue weighted by atomic mass is 9.88. The van der Waals surface area contributed by atoms with Crippen LogP contribution >= 0.6 is 0 Å². The molecule has 0 radical (unpaired) electrons. The second-order valence-corrected chi connectivity index (χ2v) is 5.72. The van der Waals surface area contributed by atoms with E-state index >= 15 is 0 Å². The Morgan fingerprint density at radius 3 is 2.65 bits per heavy atom. The monoisotopic (exact) mass is 316 g/mol. The maximum Gasteiger partial charge on any atom is 0.331 e. The Kier molecular flexibility index (Phi) is 3.89. The molecule has 23 heavy (non-hydrogen) atoms. The third kappa shape index (κ3) is 2.71. The Labute approximate surface area is 134 Å². The maximum atomic E-state index is 11.9. The van der Waals surface area contributed by atoms with Crippen molar-refractivity contribution in [3.8, 4) is 0 Å². The number of carboxylic acid groups (broad SMARTS) is 1. The highest BCUT2D eigenvalue weighted by molar-refractivity contribution is 5.77. The van der Waals surface area contributed by atoms with Gasteiger partial charge in [0.1, 0.15) is 5.82 Å². The predicted octanol–water partition coefficient (Wildman–Crippen LogP) is 1.10. The summed E-state index contributed by atoms with van der Waals surface area (Å²) >= 11 is 0. The molecule has 2 N–H and O–H groups in total. The zero-order valence-electron chi connectivity index (χ0n) is 13.2. The third-order valence-electron chi connectivity index (χ3n) is 4.31. The summed E-state index contributed by atoms with van der Waals surface area (Å²) in [6, 6.07) is 3.62. The van der Waals surface area contributed by atoms with Crippen molar-refractivity contribution in [1.29, 1.82) is 0 Å². The average Bonchev–Trinajstić information content (AvgIpc) is 3.09.